The molecular weight excluding hydrogens is 188 g/mol. The Bertz CT molecular complexity index is 312. The van der Waals surface area contributed by atoms with Gasteiger partial charge in [0, 0.05) is 25.9 Å². The van der Waals surface area contributed by atoms with Gasteiger partial charge in [0.25, 0.3) is 0 Å². The van der Waals surface area contributed by atoms with Crippen LogP contribution < -0.4 is 11.1 Å². The lowest BCUT2D eigenvalue weighted by molar-refractivity contribution is 0.332. The van der Waals surface area contributed by atoms with E-state index in [0.29, 0.717) is 5.41 Å². The highest BCUT2D eigenvalue weighted by atomic mass is 15.3. The van der Waals surface area contributed by atoms with Crippen molar-refractivity contribution in [1.82, 2.24) is 9.78 Å². The summed E-state index contributed by atoms with van der Waals surface area (Å²) in [5, 5.41) is 7.69. The maximum Gasteiger partial charge on any atom is 0.147 e. The molecule has 0 unspecified atom stereocenters. The minimum Gasteiger partial charge on any atom is -0.368 e. The molecule has 1 heterocycles. The molecule has 0 bridgehead atoms. The Morgan fingerprint density at radius 3 is 2.80 bits per heavy atom. The fourth-order valence-electron chi connectivity index (χ4n) is 2.37. The van der Waals surface area contributed by atoms with Gasteiger partial charge in [0.05, 0.1) is 0 Å². The molecule has 0 atom stereocenters. The molecule has 0 aromatic carbocycles. The van der Waals surface area contributed by atoms with Gasteiger partial charge >= 0.3 is 0 Å². The monoisotopic (exact) mass is 208 g/mol. The molecule has 0 amide bonds. The number of rotatable bonds is 4. The van der Waals surface area contributed by atoms with Crippen LogP contribution in [0.25, 0.3) is 0 Å². The van der Waals surface area contributed by atoms with E-state index < -0.39 is 0 Å². The van der Waals surface area contributed by atoms with Gasteiger partial charge < -0.3 is 11.1 Å². The lowest BCUT2D eigenvalue weighted by atomic mass is 9.86. The molecule has 0 saturated heterocycles. The van der Waals surface area contributed by atoms with Gasteiger partial charge in [-0.25, -0.2) is 0 Å². The third-order valence-electron chi connectivity index (χ3n) is 3.46. The highest BCUT2D eigenvalue weighted by molar-refractivity contribution is 5.32. The standard InChI is InChI=1S/C11H20N4/c1-15-7-4-10(14-15)13-9-11(8-12)5-2-3-6-11/h4,7H,2-3,5-6,8-9,12H2,1H3,(H,13,14). The molecule has 2 rings (SSSR count). The van der Waals surface area contributed by atoms with E-state index in [1.165, 1.54) is 25.7 Å². The Hall–Kier alpha value is -1.03. The van der Waals surface area contributed by atoms with Crippen molar-refractivity contribution < 1.29 is 0 Å². The van der Waals surface area contributed by atoms with Gasteiger partial charge in [-0.1, -0.05) is 12.8 Å². The van der Waals surface area contributed by atoms with Crippen LogP contribution in [0.3, 0.4) is 0 Å². The van der Waals surface area contributed by atoms with E-state index in [-0.39, 0.29) is 0 Å². The second kappa shape index (κ2) is 4.23. The predicted molar refractivity (Wildman–Crippen MR) is 61.7 cm³/mol. The lowest BCUT2D eigenvalue weighted by Crippen LogP contribution is -2.34. The minimum absolute atomic E-state index is 0.317. The van der Waals surface area contributed by atoms with E-state index in [4.69, 9.17) is 5.73 Å². The Morgan fingerprint density at radius 2 is 2.27 bits per heavy atom. The molecule has 1 aliphatic carbocycles. The van der Waals surface area contributed by atoms with Crippen LogP contribution in [-0.2, 0) is 7.05 Å². The van der Waals surface area contributed by atoms with E-state index in [1.54, 1.807) is 0 Å². The maximum atomic E-state index is 5.87. The third-order valence-corrected chi connectivity index (χ3v) is 3.46. The zero-order valence-corrected chi connectivity index (χ0v) is 9.37. The van der Waals surface area contributed by atoms with E-state index in [1.807, 2.05) is 24.0 Å². The van der Waals surface area contributed by atoms with E-state index in [0.717, 1.165) is 18.9 Å². The molecule has 3 N–H and O–H groups in total. The van der Waals surface area contributed by atoms with Crippen molar-refractivity contribution in [3.8, 4) is 0 Å². The molecule has 84 valence electrons. The molecule has 0 spiro atoms. The summed E-state index contributed by atoms with van der Waals surface area (Å²) in [5.41, 5.74) is 6.19. The molecule has 1 aromatic rings. The summed E-state index contributed by atoms with van der Waals surface area (Å²) in [6, 6.07) is 2.00. The molecule has 1 aromatic heterocycles. The number of hydrogen-bond acceptors (Lipinski definition) is 3. The van der Waals surface area contributed by atoms with Crippen molar-refractivity contribution in [2.45, 2.75) is 25.7 Å². The zero-order chi connectivity index (χ0) is 10.7. The summed E-state index contributed by atoms with van der Waals surface area (Å²) < 4.78 is 1.81. The fourth-order valence-corrected chi connectivity index (χ4v) is 2.37. The van der Waals surface area contributed by atoms with Crippen LogP contribution in [0.1, 0.15) is 25.7 Å². The smallest absolute Gasteiger partial charge is 0.147 e. The van der Waals surface area contributed by atoms with Crippen LogP contribution in [0.4, 0.5) is 5.82 Å². The molecular formula is C11H20N4. The van der Waals surface area contributed by atoms with Gasteiger partial charge in [-0.3, -0.25) is 4.68 Å². The highest BCUT2D eigenvalue weighted by Crippen LogP contribution is 2.36. The largest absolute Gasteiger partial charge is 0.368 e. The Labute approximate surface area is 90.8 Å². The van der Waals surface area contributed by atoms with Gasteiger partial charge in [-0.2, -0.15) is 5.10 Å². The summed E-state index contributed by atoms with van der Waals surface area (Å²) in [7, 11) is 1.93. The van der Waals surface area contributed by atoms with E-state index in [9.17, 15) is 0 Å². The van der Waals surface area contributed by atoms with Crippen molar-refractivity contribution in [3.63, 3.8) is 0 Å². The van der Waals surface area contributed by atoms with Crippen molar-refractivity contribution in [1.29, 1.82) is 0 Å². The van der Waals surface area contributed by atoms with E-state index in [2.05, 4.69) is 10.4 Å². The van der Waals surface area contributed by atoms with Crippen LogP contribution >= 0.6 is 0 Å². The minimum atomic E-state index is 0.317. The molecule has 15 heavy (non-hydrogen) atoms. The number of nitrogens with zero attached hydrogens (tertiary/aromatic N) is 2. The number of aromatic nitrogens is 2. The van der Waals surface area contributed by atoms with Crippen molar-refractivity contribution in [2.75, 3.05) is 18.4 Å². The van der Waals surface area contributed by atoms with Crippen molar-refractivity contribution in [2.24, 2.45) is 18.2 Å². The first-order valence-corrected chi connectivity index (χ1v) is 5.68. The van der Waals surface area contributed by atoms with Gasteiger partial charge in [0.15, 0.2) is 0 Å². The maximum absolute atomic E-state index is 5.87. The molecule has 1 fully saturated rings. The molecule has 0 aliphatic heterocycles. The normalized spacial score (nSPS) is 19.3. The van der Waals surface area contributed by atoms with Crippen LogP contribution in [-0.4, -0.2) is 22.9 Å². The zero-order valence-electron chi connectivity index (χ0n) is 9.37. The van der Waals surface area contributed by atoms with Crippen LogP contribution in [0.2, 0.25) is 0 Å². The second-order valence-corrected chi connectivity index (χ2v) is 4.64. The summed E-state index contributed by atoms with van der Waals surface area (Å²) in [6.45, 7) is 1.74. The van der Waals surface area contributed by atoms with Crippen LogP contribution in [0.5, 0.6) is 0 Å². The van der Waals surface area contributed by atoms with Crippen LogP contribution in [0.15, 0.2) is 12.3 Å². The number of nitrogens with one attached hydrogen (secondary N) is 1. The summed E-state index contributed by atoms with van der Waals surface area (Å²) in [5.74, 6) is 0.956. The Balaban J connectivity index is 1.91. The van der Waals surface area contributed by atoms with Crippen LogP contribution in [0, 0.1) is 5.41 Å². The second-order valence-electron chi connectivity index (χ2n) is 4.64. The van der Waals surface area contributed by atoms with Gasteiger partial charge in [0.2, 0.25) is 0 Å². The quantitative estimate of drug-likeness (QED) is 0.785. The first kappa shape index (κ1) is 10.5. The van der Waals surface area contributed by atoms with Gasteiger partial charge in [0.1, 0.15) is 5.82 Å². The SMILES string of the molecule is Cn1ccc(NCC2(CN)CCCC2)n1. The number of hydrogen-bond donors (Lipinski definition) is 2. The average Bonchev–Trinajstić information content (AvgIpc) is 2.85. The highest BCUT2D eigenvalue weighted by Gasteiger charge is 2.32. The lowest BCUT2D eigenvalue weighted by Gasteiger charge is -2.27. The molecule has 1 saturated carbocycles. The number of nitrogens with two attached hydrogens (primary N) is 1. The van der Waals surface area contributed by atoms with E-state index >= 15 is 0 Å². The molecule has 1 aliphatic rings. The van der Waals surface area contributed by atoms with Crippen molar-refractivity contribution >= 4 is 5.82 Å². The average molecular weight is 208 g/mol. The van der Waals surface area contributed by atoms with Gasteiger partial charge in [-0.05, 0) is 24.8 Å². The number of aryl methyl sites for hydroxylation is 1. The first-order chi connectivity index (χ1) is 7.24. The molecule has 0 radical (unpaired) electrons. The van der Waals surface area contributed by atoms with Gasteiger partial charge in [-0.15, -0.1) is 0 Å². The summed E-state index contributed by atoms with van der Waals surface area (Å²) in [4.78, 5) is 0. The Morgan fingerprint density at radius 1 is 1.53 bits per heavy atom. The Kier molecular flexibility index (Phi) is 2.95. The number of anilines is 1. The van der Waals surface area contributed by atoms with Crippen molar-refractivity contribution in [3.05, 3.63) is 12.3 Å². The summed E-state index contributed by atoms with van der Waals surface area (Å²) in [6.07, 6.45) is 7.10. The third kappa shape index (κ3) is 2.31. The summed E-state index contributed by atoms with van der Waals surface area (Å²) >= 11 is 0. The molecule has 4 nitrogen and oxygen atoms in total. The topological polar surface area (TPSA) is 55.9 Å². The fraction of sp³-hybridized carbons (Fsp3) is 0.727. The predicted octanol–water partition coefficient (Wildman–Crippen LogP) is 1.35. The first-order valence-electron chi connectivity index (χ1n) is 5.68. The molecule has 4 heteroatoms.